The molecule has 1 saturated carbocycles. The second-order valence-corrected chi connectivity index (χ2v) is 11.5. The van der Waals surface area contributed by atoms with E-state index in [4.69, 9.17) is 34.8 Å². The number of carbonyl (C=O) groups is 1. The first-order valence-electron chi connectivity index (χ1n) is 8.80. The Bertz CT molecular complexity index is 878. The molecule has 0 unspecified atom stereocenters. The number of benzene rings is 1. The number of allylic oxidation sites excluding steroid dienone is 1. The minimum Gasteiger partial charge on any atom is -0.334 e. The Balaban J connectivity index is 1.89. The molecule has 0 spiro atoms. The van der Waals surface area contributed by atoms with Crippen molar-refractivity contribution in [3.8, 4) is 0 Å². The quantitative estimate of drug-likeness (QED) is 0.666. The van der Waals surface area contributed by atoms with Crippen LogP contribution in [0.1, 0.15) is 25.8 Å². The molecule has 27 heavy (non-hydrogen) atoms. The molecule has 1 aliphatic carbocycles. The molecule has 2 fully saturated rings. The van der Waals surface area contributed by atoms with Gasteiger partial charge in [0, 0.05) is 17.6 Å². The van der Waals surface area contributed by atoms with Crippen LogP contribution < -0.4 is 0 Å². The van der Waals surface area contributed by atoms with Crippen LogP contribution in [0.5, 0.6) is 0 Å². The van der Waals surface area contributed by atoms with E-state index < -0.39 is 9.84 Å². The molecule has 3 rings (SSSR count). The molecule has 1 heterocycles. The van der Waals surface area contributed by atoms with Gasteiger partial charge in [-0.2, -0.15) is 0 Å². The number of hydrogen-bond donors (Lipinski definition) is 0. The Hall–Kier alpha value is -0.750. The number of sulfone groups is 1. The van der Waals surface area contributed by atoms with Crippen molar-refractivity contribution in [1.82, 2.24) is 4.90 Å². The average Bonchev–Trinajstić information content (AvgIpc) is 2.90. The van der Waals surface area contributed by atoms with E-state index in [-0.39, 0.29) is 51.7 Å². The van der Waals surface area contributed by atoms with Crippen molar-refractivity contribution in [1.29, 1.82) is 0 Å². The van der Waals surface area contributed by atoms with Gasteiger partial charge < -0.3 is 4.90 Å². The topological polar surface area (TPSA) is 54.5 Å². The zero-order chi connectivity index (χ0) is 20.0. The van der Waals surface area contributed by atoms with E-state index in [2.05, 4.69) is 0 Å². The van der Waals surface area contributed by atoms with Crippen LogP contribution in [0, 0.1) is 17.3 Å². The summed E-state index contributed by atoms with van der Waals surface area (Å²) in [6.07, 6.45) is 2.15. The van der Waals surface area contributed by atoms with E-state index in [1.807, 2.05) is 32.0 Å². The third kappa shape index (κ3) is 4.47. The maximum absolute atomic E-state index is 13.4. The maximum Gasteiger partial charge on any atom is 0.227 e. The van der Waals surface area contributed by atoms with Crippen molar-refractivity contribution >= 4 is 50.5 Å². The van der Waals surface area contributed by atoms with E-state index in [0.717, 1.165) is 5.56 Å². The molecule has 4 nitrogen and oxygen atoms in total. The second kappa shape index (κ2) is 7.58. The monoisotopic (exact) mass is 449 g/mol. The SMILES string of the molecule is CC1(C)[C@H](C=C(Cl)Cl)[C@@H]1C(=O)N(Cc1ccccc1Cl)[C@@H]1CCS(=O)(=O)C1. The highest BCUT2D eigenvalue weighted by Gasteiger charge is 2.62. The highest BCUT2D eigenvalue weighted by molar-refractivity contribution is 7.91. The number of halogens is 3. The molecule has 0 bridgehead atoms. The van der Waals surface area contributed by atoms with Crippen molar-refractivity contribution < 1.29 is 13.2 Å². The largest absolute Gasteiger partial charge is 0.334 e. The summed E-state index contributed by atoms with van der Waals surface area (Å²) < 4.78 is 24.1. The third-order valence-corrected chi connectivity index (χ3v) is 8.08. The van der Waals surface area contributed by atoms with Crippen LogP contribution in [0.25, 0.3) is 0 Å². The molecule has 1 aromatic carbocycles. The number of carbonyl (C=O) groups excluding carboxylic acids is 1. The van der Waals surface area contributed by atoms with Crippen molar-refractivity contribution in [2.75, 3.05) is 11.5 Å². The van der Waals surface area contributed by atoms with Gasteiger partial charge in [0.05, 0.1) is 17.4 Å². The van der Waals surface area contributed by atoms with Gasteiger partial charge in [0.1, 0.15) is 4.49 Å². The Kier molecular flexibility index (Phi) is 5.89. The molecule has 0 aromatic heterocycles. The number of amides is 1. The van der Waals surface area contributed by atoms with Crippen molar-refractivity contribution in [2.24, 2.45) is 17.3 Å². The van der Waals surface area contributed by atoms with Crippen molar-refractivity contribution in [3.05, 3.63) is 45.4 Å². The summed E-state index contributed by atoms with van der Waals surface area (Å²) in [4.78, 5) is 15.1. The zero-order valence-corrected chi connectivity index (χ0v) is 18.2. The van der Waals surface area contributed by atoms with Gasteiger partial charge in [-0.1, -0.05) is 66.8 Å². The Labute approximate surface area is 175 Å². The summed E-state index contributed by atoms with van der Waals surface area (Å²) in [5, 5.41) is 0.562. The van der Waals surface area contributed by atoms with E-state index in [1.54, 1.807) is 17.0 Å². The molecule has 1 saturated heterocycles. The van der Waals surface area contributed by atoms with Gasteiger partial charge in [-0.3, -0.25) is 4.79 Å². The number of rotatable bonds is 5. The lowest BCUT2D eigenvalue weighted by atomic mass is 10.1. The van der Waals surface area contributed by atoms with E-state index >= 15 is 0 Å². The average molecular weight is 451 g/mol. The molecule has 148 valence electrons. The number of nitrogens with zero attached hydrogens (tertiary/aromatic N) is 1. The first-order valence-corrected chi connectivity index (χ1v) is 11.8. The molecule has 1 aliphatic heterocycles. The summed E-state index contributed by atoms with van der Waals surface area (Å²) in [6, 6.07) is 6.97. The summed E-state index contributed by atoms with van der Waals surface area (Å²) in [6.45, 7) is 4.27. The first-order chi connectivity index (χ1) is 12.5. The van der Waals surface area contributed by atoms with Crippen LogP contribution in [0.2, 0.25) is 5.02 Å². The molecule has 1 amide bonds. The minimum atomic E-state index is -3.12. The lowest BCUT2D eigenvalue weighted by molar-refractivity contribution is -0.136. The lowest BCUT2D eigenvalue weighted by Gasteiger charge is -2.29. The Morgan fingerprint density at radius 2 is 1.96 bits per heavy atom. The zero-order valence-electron chi connectivity index (χ0n) is 15.2. The predicted octanol–water partition coefficient (Wildman–Crippen LogP) is 4.45. The van der Waals surface area contributed by atoms with Gasteiger partial charge in [0.2, 0.25) is 5.91 Å². The van der Waals surface area contributed by atoms with Crippen LogP contribution in [0.15, 0.2) is 34.8 Å². The molecular formula is C19H22Cl3NO3S. The summed E-state index contributed by atoms with van der Waals surface area (Å²) in [5.74, 6) is -0.322. The molecule has 8 heteroatoms. The normalized spacial score (nSPS) is 27.8. The molecule has 0 radical (unpaired) electrons. The predicted molar refractivity (Wildman–Crippen MR) is 110 cm³/mol. The fourth-order valence-corrected chi connectivity index (χ4v) is 6.19. The molecule has 0 N–H and O–H groups in total. The Morgan fingerprint density at radius 1 is 1.30 bits per heavy atom. The molecule has 1 aromatic rings. The summed E-state index contributed by atoms with van der Waals surface area (Å²) in [5.41, 5.74) is 0.528. The molecule has 3 atom stereocenters. The van der Waals surface area contributed by atoms with E-state index in [0.29, 0.717) is 11.4 Å². The van der Waals surface area contributed by atoms with Crippen LogP contribution in [-0.4, -0.2) is 36.8 Å². The standard InChI is InChI=1S/C19H22Cl3NO3S/c1-19(2)14(9-16(21)22)17(19)18(24)23(13-7-8-27(25,26)11-13)10-12-5-3-4-6-15(12)20/h3-6,9,13-14,17H,7-8,10-11H2,1-2H3/t13-,14-,17-/m1/s1. The molecular weight excluding hydrogens is 429 g/mol. The van der Waals surface area contributed by atoms with Gasteiger partial charge in [-0.05, 0) is 35.5 Å². The fraction of sp³-hybridized carbons (Fsp3) is 0.526. The maximum atomic E-state index is 13.4. The van der Waals surface area contributed by atoms with Gasteiger partial charge in [-0.25, -0.2) is 8.42 Å². The number of hydrogen-bond acceptors (Lipinski definition) is 3. The molecule has 2 aliphatic rings. The first kappa shape index (κ1) is 21.0. The second-order valence-electron chi connectivity index (χ2n) is 7.90. The van der Waals surface area contributed by atoms with Gasteiger partial charge >= 0.3 is 0 Å². The summed E-state index contributed by atoms with van der Waals surface area (Å²) in [7, 11) is -3.12. The van der Waals surface area contributed by atoms with E-state index in [9.17, 15) is 13.2 Å². The highest BCUT2D eigenvalue weighted by Crippen LogP contribution is 2.60. The highest BCUT2D eigenvalue weighted by atomic mass is 35.5. The van der Waals surface area contributed by atoms with Gasteiger partial charge in [0.15, 0.2) is 9.84 Å². The van der Waals surface area contributed by atoms with Crippen LogP contribution in [-0.2, 0) is 21.2 Å². The minimum absolute atomic E-state index is 0.00684. The van der Waals surface area contributed by atoms with E-state index in [1.165, 1.54) is 0 Å². The van der Waals surface area contributed by atoms with Crippen LogP contribution in [0.4, 0.5) is 0 Å². The smallest absolute Gasteiger partial charge is 0.227 e. The third-order valence-electron chi connectivity index (χ3n) is 5.71. The van der Waals surface area contributed by atoms with Crippen molar-refractivity contribution in [3.63, 3.8) is 0 Å². The fourth-order valence-electron chi connectivity index (χ4n) is 3.99. The van der Waals surface area contributed by atoms with Crippen molar-refractivity contribution in [2.45, 2.75) is 32.9 Å². The van der Waals surface area contributed by atoms with Gasteiger partial charge in [-0.15, -0.1) is 0 Å². The van der Waals surface area contributed by atoms with Crippen LogP contribution >= 0.6 is 34.8 Å². The lowest BCUT2D eigenvalue weighted by Crippen LogP contribution is -2.42. The van der Waals surface area contributed by atoms with Gasteiger partial charge in [0.25, 0.3) is 0 Å². The Morgan fingerprint density at radius 3 is 2.52 bits per heavy atom. The van der Waals surface area contributed by atoms with Crippen LogP contribution in [0.3, 0.4) is 0 Å². The summed E-state index contributed by atoms with van der Waals surface area (Å²) >= 11 is 17.9.